The minimum Gasteiger partial charge on any atom is -0.483 e. The van der Waals surface area contributed by atoms with E-state index in [4.69, 9.17) is 21.1 Å². The summed E-state index contributed by atoms with van der Waals surface area (Å²) in [6, 6.07) is 11.5. The van der Waals surface area contributed by atoms with Crippen molar-refractivity contribution in [1.82, 2.24) is 0 Å². The number of nitrogens with one attached hydrogen (secondary N) is 1. The molecule has 3 rings (SSSR count). The van der Waals surface area contributed by atoms with Crippen molar-refractivity contribution < 1.29 is 14.3 Å². The third kappa shape index (κ3) is 4.97. The first kappa shape index (κ1) is 20.5. The van der Waals surface area contributed by atoms with E-state index in [-0.39, 0.29) is 12.5 Å². The van der Waals surface area contributed by atoms with Gasteiger partial charge in [-0.3, -0.25) is 4.79 Å². The number of benzene rings is 2. The second-order valence-electron chi connectivity index (χ2n) is 7.27. The summed E-state index contributed by atoms with van der Waals surface area (Å²) < 4.78 is 11.2. The number of hydrogen-bond donors (Lipinski definition) is 1. The van der Waals surface area contributed by atoms with Crippen LogP contribution in [0.5, 0.6) is 5.75 Å². The lowest BCUT2D eigenvalue weighted by Crippen LogP contribution is -2.37. The highest BCUT2D eigenvalue weighted by molar-refractivity contribution is 6.34. The molecule has 0 atom stereocenters. The second kappa shape index (κ2) is 9.30. The van der Waals surface area contributed by atoms with Crippen molar-refractivity contribution in [2.45, 2.75) is 26.7 Å². The summed E-state index contributed by atoms with van der Waals surface area (Å²) in [5.41, 5.74) is 3.80. The second-order valence-corrected chi connectivity index (χ2v) is 7.68. The van der Waals surface area contributed by atoms with E-state index < -0.39 is 0 Å². The summed E-state index contributed by atoms with van der Waals surface area (Å²) in [6.45, 7) is 8.99. The standard InChI is InChI=1S/C22H27ClN2O3/c1-15(2)17-13-16(3)7-8-20(17)28-14-21(26)24-19-6-4-5-18(23)22(19)25-9-11-27-12-10-25/h4-8,13,15H,9-12,14H2,1-3H3,(H,24,26). The number of halogens is 1. The van der Waals surface area contributed by atoms with Crippen LogP contribution in [0.2, 0.25) is 5.02 Å². The molecule has 1 heterocycles. The number of carbonyl (C=O) groups is 1. The minimum atomic E-state index is -0.216. The number of morpholine rings is 1. The van der Waals surface area contributed by atoms with Crippen LogP contribution in [0, 0.1) is 6.92 Å². The molecule has 0 radical (unpaired) electrons. The van der Waals surface area contributed by atoms with Gasteiger partial charge in [0.25, 0.3) is 5.91 Å². The molecule has 6 heteroatoms. The number of amides is 1. The Morgan fingerprint density at radius 1 is 1.25 bits per heavy atom. The summed E-state index contributed by atoms with van der Waals surface area (Å²) in [5.74, 6) is 0.848. The molecule has 1 amide bonds. The molecule has 5 nitrogen and oxygen atoms in total. The first-order chi connectivity index (χ1) is 13.5. The van der Waals surface area contributed by atoms with E-state index >= 15 is 0 Å². The van der Waals surface area contributed by atoms with Crippen LogP contribution in [-0.4, -0.2) is 38.8 Å². The topological polar surface area (TPSA) is 50.8 Å². The fourth-order valence-electron chi connectivity index (χ4n) is 3.30. The number of rotatable bonds is 6. The van der Waals surface area contributed by atoms with Crippen molar-refractivity contribution in [2.24, 2.45) is 0 Å². The Morgan fingerprint density at radius 3 is 2.71 bits per heavy atom. The van der Waals surface area contributed by atoms with E-state index in [0.717, 1.165) is 30.1 Å². The van der Waals surface area contributed by atoms with Crippen molar-refractivity contribution in [1.29, 1.82) is 0 Å². The Labute approximate surface area is 171 Å². The highest BCUT2D eigenvalue weighted by Gasteiger charge is 2.19. The molecule has 1 aliphatic heterocycles. The van der Waals surface area contributed by atoms with Gasteiger partial charge in [0.15, 0.2) is 6.61 Å². The smallest absolute Gasteiger partial charge is 0.262 e. The van der Waals surface area contributed by atoms with E-state index in [2.05, 4.69) is 37.1 Å². The third-order valence-corrected chi connectivity index (χ3v) is 5.04. The summed E-state index contributed by atoms with van der Waals surface area (Å²) in [4.78, 5) is 14.7. The monoisotopic (exact) mass is 402 g/mol. The highest BCUT2D eigenvalue weighted by atomic mass is 35.5. The van der Waals surface area contributed by atoms with E-state index in [0.29, 0.717) is 29.8 Å². The summed E-state index contributed by atoms with van der Waals surface area (Å²) in [7, 11) is 0. The van der Waals surface area contributed by atoms with Gasteiger partial charge < -0.3 is 19.7 Å². The van der Waals surface area contributed by atoms with Crippen LogP contribution < -0.4 is 15.0 Å². The van der Waals surface area contributed by atoms with Gasteiger partial charge in [0.1, 0.15) is 5.75 Å². The Hall–Kier alpha value is -2.24. The van der Waals surface area contributed by atoms with Crippen LogP contribution in [0.3, 0.4) is 0 Å². The molecule has 0 saturated carbocycles. The lowest BCUT2D eigenvalue weighted by atomic mass is 10.00. The Morgan fingerprint density at radius 2 is 2.00 bits per heavy atom. The number of anilines is 2. The summed E-state index contributed by atoms with van der Waals surface area (Å²) >= 11 is 6.42. The van der Waals surface area contributed by atoms with Crippen molar-refractivity contribution in [3.63, 3.8) is 0 Å². The maximum absolute atomic E-state index is 12.6. The zero-order chi connectivity index (χ0) is 20.1. The minimum absolute atomic E-state index is 0.0577. The normalized spacial score (nSPS) is 14.2. The number of aryl methyl sites for hydroxylation is 1. The fraction of sp³-hybridized carbons (Fsp3) is 0.409. The zero-order valence-electron chi connectivity index (χ0n) is 16.6. The predicted molar refractivity (Wildman–Crippen MR) is 114 cm³/mol. The van der Waals surface area contributed by atoms with Crippen LogP contribution >= 0.6 is 11.6 Å². The Balaban J connectivity index is 1.70. The van der Waals surface area contributed by atoms with Crippen molar-refractivity contribution in [3.8, 4) is 5.75 Å². The van der Waals surface area contributed by atoms with Crippen molar-refractivity contribution >= 4 is 28.9 Å². The molecule has 1 aliphatic rings. The molecule has 0 aromatic heterocycles. The molecule has 0 spiro atoms. The molecular weight excluding hydrogens is 376 g/mol. The van der Waals surface area contributed by atoms with Crippen LogP contribution in [0.15, 0.2) is 36.4 Å². The van der Waals surface area contributed by atoms with Gasteiger partial charge in [-0.1, -0.05) is 49.2 Å². The van der Waals surface area contributed by atoms with Crippen LogP contribution in [0.25, 0.3) is 0 Å². The lowest BCUT2D eigenvalue weighted by molar-refractivity contribution is -0.118. The van der Waals surface area contributed by atoms with E-state index in [1.165, 1.54) is 5.56 Å². The highest BCUT2D eigenvalue weighted by Crippen LogP contribution is 2.34. The fourth-order valence-corrected chi connectivity index (χ4v) is 3.60. The van der Waals surface area contributed by atoms with Crippen LogP contribution in [-0.2, 0) is 9.53 Å². The molecule has 1 fully saturated rings. The molecule has 1 N–H and O–H groups in total. The average Bonchev–Trinajstić information content (AvgIpc) is 2.67. The maximum atomic E-state index is 12.6. The van der Waals surface area contributed by atoms with Gasteiger partial charge in [-0.15, -0.1) is 0 Å². The van der Waals surface area contributed by atoms with E-state index in [1.807, 2.05) is 30.3 Å². The quantitative estimate of drug-likeness (QED) is 0.765. The van der Waals surface area contributed by atoms with Crippen LogP contribution in [0.4, 0.5) is 11.4 Å². The van der Waals surface area contributed by atoms with Crippen molar-refractivity contribution in [3.05, 3.63) is 52.5 Å². The number of ether oxygens (including phenoxy) is 2. The van der Waals surface area contributed by atoms with Gasteiger partial charge in [0.2, 0.25) is 0 Å². The van der Waals surface area contributed by atoms with Crippen LogP contribution in [0.1, 0.15) is 30.9 Å². The van der Waals surface area contributed by atoms with Gasteiger partial charge in [-0.05, 0) is 36.6 Å². The molecule has 0 aliphatic carbocycles. The Bertz CT molecular complexity index is 833. The molecule has 2 aromatic rings. The van der Waals surface area contributed by atoms with E-state index in [1.54, 1.807) is 0 Å². The number of hydrogen-bond acceptors (Lipinski definition) is 4. The van der Waals surface area contributed by atoms with Gasteiger partial charge in [0.05, 0.1) is 29.6 Å². The third-order valence-electron chi connectivity index (χ3n) is 4.73. The summed E-state index contributed by atoms with van der Waals surface area (Å²) in [6.07, 6.45) is 0. The van der Waals surface area contributed by atoms with Gasteiger partial charge in [0, 0.05) is 13.1 Å². The van der Waals surface area contributed by atoms with Gasteiger partial charge >= 0.3 is 0 Å². The summed E-state index contributed by atoms with van der Waals surface area (Å²) in [5, 5.41) is 3.56. The molecule has 150 valence electrons. The van der Waals surface area contributed by atoms with Gasteiger partial charge in [-0.25, -0.2) is 0 Å². The molecular formula is C22H27ClN2O3. The SMILES string of the molecule is Cc1ccc(OCC(=O)Nc2cccc(Cl)c2N2CCOCC2)c(C(C)C)c1. The largest absolute Gasteiger partial charge is 0.483 e. The Kier molecular flexibility index (Phi) is 6.81. The van der Waals surface area contributed by atoms with Gasteiger partial charge in [-0.2, -0.15) is 0 Å². The molecule has 0 bridgehead atoms. The lowest BCUT2D eigenvalue weighted by Gasteiger charge is -2.31. The zero-order valence-corrected chi connectivity index (χ0v) is 17.4. The first-order valence-electron chi connectivity index (χ1n) is 9.60. The van der Waals surface area contributed by atoms with E-state index in [9.17, 15) is 4.79 Å². The maximum Gasteiger partial charge on any atom is 0.262 e. The predicted octanol–water partition coefficient (Wildman–Crippen LogP) is 4.63. The first-order valence-corrected chi connectivity index (χ1v) is 9.98. The average molecular weight is 403 g/mol. The number of carbonyl (C=O) groups excluding carboxylic acids is 1. The number of nitrogens with zero attached hydrogens (tertiary/aromatic N) is 1. The van der Waals surface area contributed by atoms with Crippen molar-refractivity contribution in [2.75, 3.05) is 43.1 Å². The molecule has 28 heavy (non-hydrogen) atoms. The number of para-hydroxylation sites is 1. The molecule has 1 saturated heterocycles. The molecule has 2 aromatic carbocycles. The molecule has 0 unspecified atom stereocenters.